The lowest BCUT2D eigenvalue weighted by atomic mass is 10.1. The summed E-state index contributed by atoms with van der Waals surface area (Å²) in [5.74, 6) is -1.01. The summed E-state index contributed by atoms with van der Waals surface area (Å²) in [5.41, 5.74) is 5.09. The number of carboxylic acids is 1. The Hall–Kier alpha value is -1.10. The normalized spacial score (nSPS) is 19.4. The van der Waals surface area contributed by atoms with E-state index in [9.17, 15) is 9.59 Å². The van der Waals surface area contributed by atoms with E-state index < -0.39 is 11.5 Å². The molecule has 1 rings (SSSR count). The van der Waals surface area contributed by atoms with Crippen LogP contribution in [0.5, 0.6) is 0 Å². The van der Waals surface area contributed by atoms with Gasteiger partial charge in [-0.25, -0.2) is 0 Å². The van der Waals surface area contributed by atoms with E-state index in [1.807, 2.05) is 6.92 Å². The summed E-state index contributed by atoms with van der Waals surface area (Å²) in [6.07, 6.45) is 1.39. The number of rotatable bonds is 5. The highest BCUT2D eigenvalue weighted by atomic mass is 16.4. The van der Waals surface area contributed by atoms with Gasteiger partial charge in [0.25, 0.3) is 0 Å². The first-order valence-corrected chi connectivity index (χ1v) is 5.22. The van der Waals surface area contributed by atoms with Gasteiger partial charge >= 0.3 is 5.97 Å². The van der Waals surface area contributed by atoms with E-state index in [1.165, 1.54) is 0 Å². The van der Waals surface area contributed by atoms with Gasteiger partial charge in [-0.1, -0.05) is 0 Å². The highest BCUT2D eigenvalue weighted by Gasteiger charge is 2.48. The molecule has 1 unspecified atom stereocenters. The molecule has 86 valence electrons. The molecule has 1 atom stereocenters. The minimum absolute atomic E-state index is 0.0321. The van der Waals surface area contributed by atoms with Crippen LogP contribution in [-0.4, -0.2) is 40.0 Å². The maximum Gasteiger partial charge on any atom is 0.305 e. The second kappa shape index (κ2) is 4.18. The summed E-state index contributed by atoms with van der Waals surface area (Å²) in [5, 5.41) is 8.66. The molecule has 1 saturated carbocycles. The van der Waals surface area contributed by atoms with Crippen LogP contribution in [0.2, 0.25) is 0 Å². The van der Waals surface area contributed by atoms with Crippen molar-refractivity contribution in [2.24, 2.45) is 5.73 Å². The Labute approximate surface area is 89.2 Å². The maximum atomic E-state index is 11.9. The standard InChI is InChI=1S/C10H18N2O3/c1-3-12(7(2)6-8(13)14)9(15)10(11)4-5-10/h7H,3-6,11H2,1-2H3,(H,13,14). The fourth-order valence-electron chi connectivity index (χ4n) is 1.65. The number of likely N-dealkylation sites (N-methyl/N-ethyl adjacent to an activating group) is 1. The predicted molar refractivity (Wildman–Crippen MR) is 55.3 cm³/mol. The fraction of sp³-hybridized carbons (Fsp3) is 0.800. The molecule has 3 N–H and O–H groups in total. The van der Waals surface area contributed by atoms with Gasteiger partial charge in [0.05, 0.1) is 12.0 Å². The smallest absolute Gasteiger partial charge is 0.305 e. The van der Waals surface area contributed by atoms with Crippen LogP contribution >= 0.6 is 0 Å². The fourth-order valence-corrected chi connectivity index (χ4v) is 1.65. The number of carbonyl (C=O) groups is 2. The van der Waals surface area contributed by atoms with Crippen LogP contribution in [0.1, 0.15) is 33.1 Å². The van der Waals surface area contributed by atoms with Crippen molar-refractivity contribution in [3.05, 3.63) is 0 Å². The minimum Gasteiger partial charge on any atom is -0.481 e. The number of hydrogen-bond acceptors (Lipinski definition) is 3. The first-order valence-electron chi connectivity index (χ1n) is 5.22. The molecule has 1 aliphatic rings. The third-order valence-corrected chi connectivity index (χ3v) is 2.82. The molecule has 0 heterocycles. The van der Waals surface area contributed by atoms with Crippen molar-refractivity contribution < 1.29 is 14.7 Å². The summed E-state index contributed by atoms with van der Waals surface area (Å²) in [6, 6.07) is -0.291. The van der Waals surface area contributed by atoms with Crippen molar-refractivity contribution in [1.29, 1.82) is 0 Å². The van der Waals surface area contributed by atoms with Crippen molar-refractivity contribution in [3.63, 3.8) is 0 Å². The SMILES string of the molecule is CCN(C(=O)C1(N)CC1)C(C)CC(=O)O. The second-order valence-electron chi connectivity index (χ2n) is 4.19. The van der Waals surface area contributed by atoms with Crippen LogP contribution in [0.4, 0.5) is 0 Å². The zero-order chi connectivity index (χ0) is 11.6. The molecule has 0 aliphatic heterocycles. The summed E-state index contributed by atoms with van der Waals surface area (Å²) >= 11 is 0. The number of nitrogens with two attached hydrogens (primary N) is 1. The number of amides is 1. The largest absolute Gasteiger partial charge is 0.481 e. The monoisotopic (exact) mass is 214 g/mol. The Morgan fingerprint density at radius 1 is 1.53 bits per heavy atom. The van der Waals surface area contributed by atoms with E-state index in [0.717, 1.165) is 0 Å². The van der Waals surface area contributed by atoms with Crippen LogP contribution in [0.25, 0.3) is 0 Å². The molecule has 15 heavy (non-hydrogen) atoms. The average molecular weight is 214 g/mol. The van der Waals surface area contributed by atoms with E-state index in [-0.39, 0.29) is 18.4 Å². The van der Waals surface area contributed by atoms with Gasteiger partial charge in [0, 0.05) is 12.6 Å². The summed E-state index contributed by atoms with van der Waals surface area (Å²) in [4.78, 5) is 24.0. The quantitative estimate of drug-likeness (QED) is 0.684. The van der Waals surface area contributed by atoms with Crippen LogP contribution in [0.3, 0.4) is 0 Å². The Morgan fingerprint density at radius 3 is 2.40 bits per heavy atom. The van der Waals surface area contributed by atoms with Crippen molar-refractivity contribution in [2.75, 3.05) is 6.54 Å². The molecule has 5 heteroatoms. The third-order valence-electron chi connectivity index (χ3n) is 2.82. The van der Waals surface area contributed by atoms with E-state index >= 15 is 0 Å². The molecule has 0 aromatic rings. The molecule has 5 nitrogen and oxygen atoms in total. The van der Waals surface area contributed by atoms with Gasteiger partial charge in [-0.15, -0.1) is 0 Å². The molecular weight excluding hydrogens is 196 g/mol. The Morgan fingerprint density at radius 2 is 2.07 bits per heavy atom. The predicted octanol–water partition coefficient (Wildman–Crippen LogP) is 0.189. The van der Waals surface area contributed by atoms with Gasteiger partial charge in [-0.05, 0) is 26.7 Å². The van der Waals surface area contributed by atoms with Crippen molar-refractivity contribution in [2.45, 2.75) is 44.7 Å². The average Bonchev–Trinajstić information content (AvgIpc) is 2.84. The lowest BCUT2D eigenvalue weighted by molar-refractivity contribution is -0.141. The second-order valence-corrected chi connectivity index (χ2v) is 4.19. The lowest BCUT2D eigenvalue weighted by Gasteiger charge is -2.29. The Balaban J connectivity index is 2.62. The topological polar surface area (TPSA) is 83.6 Å². The van der Waals surface area contributed by atoms with Crippen LogP contribution in [0.15, 0.2) is 0 Å². The van der Waals surface area contributed by atoms with E-state index in [2.05, 4.69) is 0 Å². The molecule has 0 spiro atoms. The summed E-state index contributed by atoms with van der Waals surface area (Å²) in [6.45, 7) is 4.08. The van der Waals surface area contributed by atoms with Crippen LogP contribution < -0.4 is 5.73 Å². The molecule has 0 radical (unpaired) electrons. The van der Waals surface area contributed by atoms with Crippen LogP contribution in [-0.2, 0) is 9.59 Å². The molecule has 0 aromatic carbocycles. The molecular formula is C10H18N2O3. The zero-order valence-corrected chi connectivity index (χ0v) is 9.19. The number of carbonyl (C=O) groups excluding carboxylic acids is 1. The Bertz CT molecular complexity index is 274. The number of aliphatic carboxylic acids is 1. The summed E-state index contributed by atoms with van der Waals surface area (Å²) in [7, 11) is 0. The minimum atomic E-state index is -0.893. The first-order chi connectivity index (χ1) is 6.90. The molecule has 0 aromatic heterocycles. The van der Waals surface area contributed by atoms with Crippen molar-refractivity contribution in [1.82, 2.24) is 4.90 Å². The zero-order valence-electron chi connectivity index (χ0n) is 9.19. The van der Waals surface area contributed by atoms with Gasteiger partial charge in [0.2, 0.25) is 5.91 Å². The molecule has 1 fully saturated rings. The Kier molecular flexibility index (Phi) is 3.34. The van der Waals surface area contributed by atoms with E-state index in [1.54, 1.807) is 11.8 Å². The maximum absolute atomic E-state index is 11.9. The van der Waals surface area contributed by atoms with Gasteiger partial charge in [-0.2, -0.15) is 0 Å². The number of carboxylic acid groups (broad SMARTS) is 1. The van der Waals surface area contributed by atoms with E-state index in [0.29, 0.717) is 19.4 Å². The molecule has 1 aliphatic carbocycles. The van der Waals surface area contributed by atoms with Crippen LogP contribution in [0, 0.1) is 0 Å². The molecule has 0 bridgehead atoms. The highest BCUT2D eigenvalue weighted by molar-refractivity contribution is 5.89. The van der Waals surface area contributed by atoms with Gasteiger partial charge in [0.15, 0.2) is 0 Å². The van der Waals surface area contributed by atoms with Gasteiger partial charge in [-0.3, -0.25) is 9.59 Å². The van der Waals surface area contributed by atoms with Gasteiger partial charge < -0.3 is 15.7 Å². The van der Waals surface area contributed by atoms with Gasteiger partial charge in [0.1, 0.15) is 0 Å². The molecule has 0 saturated heterocycles. The number of nitrogens with zero attached hydrogens (tertiary/aromatic N) is 1. The van der Waals surface area contributed by atoms with Crippen molar-refractivity contribution in [3.8, 4) is 0 Å². The highest BCUT2D eigenvalue weighted by Crippen LogP contribution is 2.34. The molecule has 1 amide bonds. The van der Waals surface area contributed by atoms with Crippen molar-refractivity contribution >= 4 is 11.9 Å². The lowest BCUT2D eigenvalue weighted by Crippen LogP contribution is -2.49. The van der Waals surface area contributed by atoms with E-state index in [4.69, 9.17) is 10.8 Å². The first kappa shape index (κ1) is 12.0. The third kappa shape index (κ3) is 2.68. The summed E-state index contributed by atoms with van der Waals surface area (Å²) < 4.78 is 0. The number of hydrogen-bond donors (Lipinski definition) is 2.